The fraction of sp³-hybridized carbons (Fsp3) is 0.583. The van der Waals surface area contributed by atoms with E-state index < -0.39 is 5.97 Å². The SMILES string of the molecule is CC1(C)CCC(Nc2cnc(C(=O)O)cn2)C1. The number of aromatic nitrogens is 2. The number of hydrogen-bond acceptors (Lipinski definition) is 4. The Morgan fingerprint density at radius 3 is 2.71 bits per heavy atom. The third-order valence-corrected chi connectivity index (χ3v) is 3.19. The number of carboxylic acids is 1. The Labute approximate surface area is 100 Å². The van der Waals surface area contributed by atoms with Crippen molar-refractivity contribution in [2.24, 2.45) is 5.41 Å². The average Bonchev–Trinajstić information content (AvgIpc) is 2.59. The van der Waals surface area contributed by atoms with Crippen LogP contribution >= 0.6 is 0 Å². The van der Waals surface area contributed by atoms with Crippen molar-refractivity contribution in [2.75, 3.05) is 5.32 Å². The molecule has 1 heterocycles. The lowest BCUT2D eigenvalue weighted by molar-refractivity contribution is 0.0690. The summed E-state index contributed by atoms with van der Waals surface area (Å²) in [6.45, 7) is 4.52. The summed E-state index contributed by atoms with van der Waals surface area (Å²) in [7, 11) is 0. The summed E-state index contributed by atoms with van der Waals surface area (Å²) < 4.78 is 0. The van der Waals surface area contributed by atoms with E-state index in [1.54, 1.807) is 0 Å². The largest absolute Gasteiger partial charge is 0.476 e. The van der Waals surface area contributed by atoms with Gasteiger partial charge < -0.3 is 10.4 Å². The minimum Gasteiger partial charge on any atom is -0.476 e. The van der Waals surface area contributed by atoms with Gasteiger partial charge in [-0.3, -0.25) is 0 Å². The number of nitrogens with one attached hydrogen (secondary N) is 1. The van der Waals surface area contributed by atoms with E-state index in [1.807, 2.05) is 0 Å². The zero-order valence-electron chi connectivity index (χ0n) is 10.1. The Morgan fingerprint density at radius 2 is 2.24 bits per heavy atom. The molecule has 1 saturated carbocycles. The molecule has 1 atom stereocenters. The molecule has 0 aromatic carbocycles. The van der Waals surface area contributed by atoms with Crippen molar-refractivity contribution in [3.05, 3.63) is 18.1 Å². The van der Waals surface area contributed by atoms with Crippen LogP contribution < -0.4 is 5.32 Å². The molecule has 0 saturated heterocycles. The van der Waals surface area contributed by atoms with E-state index in [9.17, 15) is 4.79 Å². The molecule has 5 heteroatoms. The molecule has 0 aliphatic heterocycles. The van der Waals surface area contributed by atoms with Crippen LogP contribution in [0.1, 0.15) is 43.6 Å². The van der Waals surface area contributed by atoms with Crippen LogP contribution in [-0.4, -0.2) is 27.1 Å². The van der Waals surface area contributed by atoms with Crippen LogP contribution in [0.4, 0.5) is 5.82 Å². The van der Waals surface area contributed by atoms with Gasteiger partial charge in [0.05, 0.1) is 12.4 Å². The summed E-state index contributed by atoms with van der Waals surface area (Å²) in [5.74, 6) is -0.399. The van der Waals surface area contributed by atoms with Crippen LogP contribution in [-0.2, 0) is 0 Å². The fourth-order valence-corrected chi connectivity index (χ4v) is 2.28. The summed E-state index contributed by atoms with van der Waals surface area (Å²) in [5, 5.41) is 12.0. The molecule has 1 fully saturated rings. The molecule has 17 heavy (non-hydrogen) atoms. The standard InChI is InChI=1S/C12H17N3O2/c1-12(2)4-3-8(5-12)15-10-7-13-9(6-14-10)11(16)17/h6-8H,3-5H2,1-2H3,(H,14,15)(H,16,17). The molecule has 1 aliphatic carbocycles. The number of carbonyl (C=O) groups is 1. The van der Waals surface area contributed by atoms with Crippen LogP contribution in [0.2, 0.25) is 0 Å². The Morgan fingerprint density at radius 1 is 1.47 bits per heavy atom. The predicted molar refractivity (Wildman–Crippen MR) is 64.0 cm³/mol. The molecular formula is C12H17N3O2. The first-order valence-corrected chi connectivity index (χ1v) is 5.78. The lowest BCUT2D eigenvalue weighted by Crippen LogP contribution is -2.18. The van der Waals surface area contributed by atoms with Gasteiger partial charge in [0.15, 0.2) is 5.69 Å². The second-order valence-corrected chi connectivity index (χ2v) is 5.34. The Hall–Kier alpha value is -1.65. The van der Waals surface area contributed by atoms with Crippen molar-refractivity contribution in [3.63, 3.8) is 0 Å². The van der Waals surface area contributed by atoms with Gasteiger partial charge in [0.1, 0.15) is 5.82 Å². The van der Waals surface area contributed by atoms with Gasteiger partial charge in [-0.2, -0.15) is 0 Å². The first-order chi connectivity index (χ1) is 7.96. The van der Waals surface area contributed by atoms with Gasteiger partial charge in [0, 0.05) is 6.04 Å². The Kier molecular flexibility index (Phi) is 3.00. The quantitative estimate of drug-likeness (QED) is 0.839. The zero-order chi connectivity index (χ0) is 12.5. The van der Waals surface area contributed by atoms with Crippen molar-refractivity contribution in [3.8, 4) is 0 Å². The minimum atomic E-state index is -1.05. The van der Waals surface area contributed by atoms with Crippen LogP contribution in [0.5, 0.6) is 0 Å². The van der Waals surface area contributed by atoms with E-state index in [-0.39, 0.29) is 5.69 Å². The van der Waals surface area contributed by atoms with E-state index in [2.05, 4.69) is 29.1 Å². The number of hydrogen-bond donors (Lipinski definition) is 2. The van der Waals surface area contributed by atoms with Crippen LogP contribution in [0, 0.1) is 5.41 Å². The number of aromatic carboxylic acids is 1. The number of nitrogens with zero attached hydrogens (tertiary/aromatic N) is 2. The van der Waals surface area contributed by atoms with E-state index in [0.717, 1.165) is 12.8 Å². The van der Waals surface area contributed by atoms with Gasteiger partial charge in [-0.05, 0) is 24.7 Å². The second kappa shape index (κ2) is 4.31. The second-order valence-electron chi connectivity index (χ2n) is 5.34. The fourth-order valence-electron chi connectivity index (χ4n) is 2.28. The number of rotatable bonds is 3. The van der Waals surface area contributed by atoms with Crippen molar-refractivity contribution >= 4 is 11.8 Å². The molecule has 0 radical (unpaired) electrons. The minimum absolute atomic E-state index is 0.0256. The lowest BCUT2D eigenvalue weighted by Gasteiger charge is -2.18. The summed E-state index contributed by atoms with van der Waals surface area (Å²) >= 11 is 0. The molecule has 1 aromatic rings. The molecule has 1 unspecified atom stereocenters. The third kappa shape index (κ3) is 2.93. The molecule has 1 aliphatic rings. The summed E-state index contributed by atoms with van der Waals surface area (Å²) in [5.41, 5.74) is 0.355. The van der Waals surface area contributed by atoms with E-state index in [4.69, 9.17) is 5.11 Å². The van der Waals surface area contributed by atoms with Crippen LogP contribution in [0.15, 0.2) is 12.4 Å². The van der Waals surface area contributed by atoms with Crippen molar-refractivity contribution in [1.82, 2.24) is 9.97 Å². The predicted octanol–water partition coefficient (Wildman–Crippen LogP) is 2.17. The van der Waals surface area contributed by atoms with Gasteiger partial charge in [0.25, 0.3) is 0 Å². The van der Waals surface area contributed by atoms with Gasteiger partial charge in [0.2, 0.25) is 0 Å². The maximum Gasteiger partial charge on any atom is 0.356 e. The summed E-state index contributed by atoms with van der Waals surface area (Å²) in [4.78, 5) is 18.5. The highest BCUT2D eigenvalue weighted by Gasteiger charge is 2.30. The van der Waals surface area contributed by atoms with Gasteiger partial charge in [-0.25, -0.2) is 14.8 Å². The zero-order valence-corrected chi connectivity index (χ0v) is 10.1. The molecule has 2 rings (SSSR count). The highest BCUT2D eigenvalue weighted by molar-refractivity contribution is 5.84. The average molecular weight is 235 g/mol. The molecule has 92 valence electrons. The van der Waals surface area contributed by atoms with E-state index >= 15 is 0 Å². The summed E-state index contributed by atoms with van der Waals surface area (Å²) in [6.07, 6.45) is 6.19. The van der Waals surface area contributed by atoms with Crippen molar-refractivity contribution < 1.29 is 9.90 Å². The number of carboxylic acid groups (broad SMARTS) is 1. The topological polar surface area (TPSA) is 75.1 Å². The molecule has 2 N–H and O–H groups in total. The highest BCUT2D eigenvalue weighted by Crippen LogP contribution is 2.37. The van der Waals surface area contributed by atoms with E-state index in [0.29, 0.717) is 17.3 Å². The normalized spacial score (nSPS) is 22.4. The van der Waals surface area contributed by atoms with E-state index in [1.165, 1.54) is 18.8 Å². The van der Waals surface area contributed by atoms with Crippen LogP contribution in [0.25, 0.3) is 0 Å². The molecular weight excluding hydrogens is 218 g/mol. The molecule has 0 bridgehead atoms. The molecule has 1 aromatic heterocycles. The first kappa shape index (κ1) is 11.8. The van der Waals surface area contributed by atoms with Gasteiger partial charge in [-0.1, -0.05) is 13.8 Å². The maximum atomic E-state index is 10.6. The van der Waals surface area contributed by atoms with Crippen molar-refractivity contribution in [2.45, 2.75) is 39.2 Å². The first-order valence-electron chi connectivity index (χ1n) is 5.78. The molecule has 0 amide bonds. The maximum absolute atomic E-state index is 10.6. The van der Waals surface area contributed by atoms with Gasteiger partial charge >= 0.3 is 5.97 Å². The van der Waals surface area contributed by atoms with Gasteiger partial charge in [-0.15, -0.1) is 0 Å². The lowest BCUT2D eigenvalue weighted by atomic mass is 9.92. The molecule has 5 nitrogen and oxygen atoms in total. The number of anilines is 1. The van der Waals surface area contributed by atoms with Crippen LogP contribution in [0.3, 0.4) is 0 Å². The highest BCUT2D eigenvalue weighted by atomic mass is 16.4. The third-order valence-electron chi connectivity index (χ3n) is 3.19. The monoisotopic (exact) mass is 235 g/mol. The Balaban J connectivity index is 1.98. The molecule has 0 spiro atoms. The summed E-state index contributed by atoms with van der Waals surface area (Å²) in [6, 6.07) is 0.412. The van der Waals surface area contributed by atoms with Crippen molar-refractivity contribution in [1.29, 1.82) is 0 Å². The Bertz CT molecular complexity index is 414. The smallest absolute Gasteiger partial charge is 0.356 e.